The molecule has 0 amide bonds. The molecule has 0 aliphatic carbocycles. The van der Waals surface area contributed by atoms with Crippen molar-refractivity contribution < 1.29 is 4.89 Å². The lowest BCUT2D eigenvalue weighted by Gasteiger charge is -2.33. The zero-order valence-electron chi connectivity index (χ0n) is 12.0. The molecule has 3 aromatic carbocycles. The van der Waals surface area contributed by atoms with E-state index in [4.69, 9.17) is 0 Å². The largest absolute Gasteiger partial charge is 0.366 e. The highest BCUT2D eigenvalue weighted by Gasteiger charge is 2.32. The predicted octanol–water partition coefficient (Wildman–Crippen LogP) is 3.20. The van der Waals surface area contributed by atoms with Gasteiger partial charge in [0.25, 0.3) is 0 Å². The third-order valence-electron chi connectivity index (χ3n) is 3.72. The van der Waals surface area contributed by atoms with Crippen LogP contribution in [0.2, 0.25) is 0 Å². The van der Waals surface area contributed by atoms with Crippen LogP contribution in [0.5, 0.6) is 0 Å². The quantitative estimate of drug-likeness (QED) is 0.735. The van der Waals surface area contributed by atoms with E-state index < -0.39 is 7.49 Å². The molecule has 1 N–H and O–H groups in total. The molecule has 2 heteroatoms. The molecule has 0 aliphatic rings. The van der Waals surface area contributed by atoms with Gasteiger partial charge >= 0.3 is 0 Å². The number of benzene rings is 3. The van der Waals surface area contributed by atoms with Gasteiger partial charge < -0.3 is 4.89 Å². The second-order valence-corrected chi connectivity index (χ2v) is 7.88. The SMILES string of the molecule is Cc1ccccc1[P](O)(c1ccccc1)c1ccccc1. The van der Waals surface area contributed by atoms with Crippen LogP contribution >= 0.6 is 7.49 Å². The summed E-state index contributed by atoms with van der Waals surface area (Å²) in [5.41, 5.74) is 1.13. The average molecular weight is 293 g/mol. The summed E-state index contributed by atoms with van der Waals surface area (Å²) in [5.74, 6) is 0. The summed E-state index contributed by atoms with van der Waals surface area (Å²) in [6.07, 6.45) is 0. The predicted molar refractivity (Wildman–Crippen MR) is 92.1 cm³/mol. The summed E-state index contributed by atoms with van der Waals surface area (Å²) < 4.78 is 0. The van der Waals surface area contributed by atoms with Crippen LogP contribution in [0.1, 0.15) is 5.56 Å². The van der Waals surface area contributed by atoms with Gasteiger partial charge in [-0.3, -0.25) is 0 Å². The lowest BCUT2D eigenvalue weighted by atomic mass is 10.2. The molecular formula is C19H18OP. The summed E-state index contributed by atoms with van der Waals surface area (Å²) in [6.45, 7) is 2.06. The van der Waals surface area contributed by atoms with Gasteiger partial charge in [-0.05, 0) is 12.5 Å². The van der Waals surface area contributed by atoms with Crippen LogP contribution in [-0.2, 0) is 0 Å². The van der Waals surface area contributed by atoms with Crippen molar-refractivity contribution in [2.75, 3.05) is 0 Å². The van der Waals surface area contributed by atoms with Gasteiger partial charge in [0.15, 0.2) is 0 Å². The summed E-state index contributed by atoms with van der Waals surface area (Å²) in [5, 5.41) is 3.01. The van der Waals surface area contributed by atoms with Crippen LogP contribution in [0, 0.1) is 6.92 Å². The Balaban J connectivity index is 2.29. The van der Waals surface area contributed by atoms with Crippen LogP contribution in [0.15, 0.2) is 84.9 Å². The highest BCUT2D eigenvalue weighted by molar-refractivity contribution is 7.91. The third-order valence-corrected chi connectivity index (χ3v) is 7.01. The summed E-state index contributed by atoms with van der Waals surface area (Å²) >= 11 is 0. The summed E-state index contributed by atoms with van der Waals surface area (Å²) in [6, 6.07) is 28.1. The van der Waals surface area contributed by atoms with E-state index in [1.807, 2.05) is 78.9 Å². The average Bonchev–Trinajstić information content (AvgIpc) is 2.56. The van der Waals surface area contributed by atoms with E-state index in [9.17, 15) is 4.89 Å². The second-order valence-electron chi connectivity index (χ2n) is 5.09. The first-order valence-corrected chi connectivity index (χ1v) is 8.76. The molecule has 1 nitrogen and oxygen atoms in total. The van der Waals surface area contributed by atoms with Gasteiger partial charge in [-0.1, -0.05) is 84.9 Å². The molecule has 0 saturated carbocycles. The maximum absolute atomic E-state index is 11.7. The van der Waals surface area contributed by atoms with Gasteiger partial charge in [0.1, 0.15) is 0 Å². The normalized spacial score (nSPS) is 11.3. The van der Waals surface area contributed by atoms with Crippen molar-refractivity contribution in [3.8, 4) is 0 Å². The maximum Gasteiger partial charge on any atom is 0.0669 e. The Morgan fingerprint density at radius 1 is 0.619 bits per heavy atom. The molecule has 21 heavy (non-hydrogen) atoms. The highest BCUT2D eigenvalue weighted by atomic mass is 31.2. The van der Waals surface area contributed by atoms with Crippen molar-refractivity contribution in [3.63, 3.8) is 0 Å². The topological polar surface area (TPSA) is 20.2 Å². The van der Waals surface area contributed by atoms with Gasteiger partial charge in [-0.2, -0.15) is 0 Å². The Kier molecular flexibility index (Phi) is 3.88. The molecule has 0 bridgehead atoms. The molecule has 0 aromatic heterocycles. The fourth-order valence-corrected chi connectivity index (χ4v) is 5.59. The number of hydrogen-bond donors (Lipinski definition) is 1. The first-order valence-electron chi connectivity index (χ1n) is 7.02. The molecule has 3 rings (SSSR count). The van der Waals surface area contributed by atoms with Crippen molar-refractivity contribution in [1.29, 1.82) is 0 Å². The van der Waals surface area contributed by atoms with E-state index >= 15 is 0 Å². The lowest BCUT2D eigenvalue weighted by Crippen LogP contribution is -2.31. The Bertz CT molecular complexity index is 683. The molecule has 3 aromatic rings. The minimum Gasteiger partial charge on any atom is -0.366 e. The van der Waals surface area contributed by atoms with Crippen molar-refractivity contribution >= 4 is 23.4 Å². The van der Waals surface area contributed by atoms with Gasteiger partial charge in [0.05, 0.1) is 7.49 Å². The van der Waals surface area contributed by atoms with Crippen LogP contribution in [0.3, 0.4) is 0 Å². The van der Waals surface area contributed by atoms with E-state index in [1.165, 1.54) is 0 Å². The van der Waals surface area contributed by atoms with E-state index in [2.05, 4.69) is 13.0 Å². The van der Waals surface area contributed by atoms with E-state index in [1.54, 1.807) is 0 Å². The molecule has 1 radical (unpaired) electrons. The highest BCUT2D eigenvalue weighted by Crippen LogP contribution is 2.51. The van der Waals surface area contributed by atoms with Gasteiger partial charge in [0, 0.05) is 15.9 Å². The molecule has 105 valence electrons. The first kappa shape index (κ1) is 14.0. The Labute approximate surface area is 126 Å². The zero-order valence-corrected chi connectivity index (χ0v) is 12.9. The second kappa shape index (κ2) is 5.81. The Morgan fingerprint density at radius 3 is 1.52 bits per heavy atom. The molecule has 0 aliphatic heterocycles. The molecule has 0 spiro atoms. The monoisotopic (exact) mass is 293 g/mol. The van der Waals surface area contributed by atoms with Crippen LogP contribution in [0.25, 0.3) is 0 Å². The fourth-order valence-electron chi connectivity index (χ4n) is 2.64. The van der Waals surface area contributed by atoms with E-state index in [0.29, 0.717) is 0 Å². The van der Waals surface area contributed by atoms with E-state index in [-0.39, 0.29) is 0 Å². The van der Waals surface area contributed by atoms with Gasteiger partial charge in [-0.15, -0.1) is 0 Å². The first-order chi connectivity index (χ1) is 10.2. The summed E-state index contributed by atoms with van der Waals surface area (Å²) in [7, 11) is -2.56. The van der Waals surface area contributed by atoms with Crippen LogP contribution in [-0.4, -0.2) is 4.89 Å². The maximum atomic E-state index is 11.7. The lowest BCUT2D eigenvalue weighted by molar-refractivity contribution is 0.633. The zero-order chi connectivity index (χ0) is 14.7. The fraction of sp³-hybridized carbons (Fsp3) is 0.0526. The standard InChI is InChI=1S/C19H18OP/c1-16-10-8-9-15-19(16)21(20,17-11-4-2-5-12-17)18-13-6-3-7-14-18/h2-15,20H,1H3. The van der Waals surface area contributed by atoms with Gasteiger partial charge in [-0.25, -0.2) is 0 Å². The van der Waals surface area contributed by atoms with Crippen molar-refractivity contribution in [1.82, 2.24) is 0 Å². The smallest absolute Gasteiger partial charge is 0.0669 e. The molecule has 0 heterocycles. The van der Waals surface area contributed by atoms with Crippen LogP contribution < -0.4 is 15.9 Å². The Morgan fingerprint density at radius 2 is 1.05 bits per heavy atom. The van der Waals surface area contributed by atoms with Gasteiger partial charge in [0.2, 0.25) is 0 Å². The van der Waals surface area contributed by atoms with Crippen molar-refractivity contribution in [2.24, 2.45) is 0 Å². The minimum atomic E-state index is -2.56. The van der Waals surface area contributed by atoms with Crippen LogP contribution in [0.4, 0.5) is 0 Å². The number of hydrogen-bond acceptors (Lipinski definition) is 1. The Hall–Kier alpha value is -1.95. The molecule has 0 fully saturated rings. The molecule has 0 unspecified atom stereocenters. The molecular weight excluding hydrogens is 275 g/mol. The molecule has 0 saturated heterocycles. The summed E-state index contributed by atoms with van der Waals surface area (Å²) in [4.78, 5) is 11.7. The number of rotatable bonds is 3. The third kappa shape index (κ3) is 2.51. The van der Waals surface area contributed by atoms with Crippen molar-refractivity contribution in [3.05, 3.63) is 90.5 Å². The van der Waals surface area contributed by atoms with E-state index in [0.717, 1.165) is 21.5 Å². The molecule has 0 atom stereocenters. The minimum absolute atomic E-state index is 0.991. The number of aryl methyl sites for hydroxylation is 1. The van der Waals surface area contributed by atoms with Crippen molar-refractivity contribution in [2.45, 2.75) is 6.92 Å².